The average molecular weight is 336 g/mol. The number of amides is 1. The van der Waals surface area contributed by atoms with Crippen molar-refractivity contribution in [3.05, 3.63) is 45.6 Å². The molecule has 2 aromatic rings. The number of benzene rings is 1. The summed E-state index contributed by atoms with van der Waals surface area (Å²) in [6.45, 7) is 3.79. The van der Waals surface area contributed by atoms with E-state index < -0.39 is 0 Å². The van der Waals surface area contributed by atoms with Gasteiger partial charge in [-0.2, -0.15) is 0 Å². The average Bonchev–Trinajstić information content (AvgIpc) is 3.03. The number of rotatable bonds is 3. The van der Waals surface area contributed by atoms with E-state index in [-0.39, 0.29) is 5.91 Å². The summed E-state index contributed by atoms with van der Waals surface area (Å²) in [5.74, 6) is -0.0901. The Balaban J connectivity index is 1.85. The maximum Gasteiger partial charge on any atom is 0.265 e. The standard InChI is InChI=1S/C16H18ClN3OS/c1-19-7-9-20(10-8-19)15-12(17)4-2-5-13(15)18-16(21)14-6-3-11-22-14/h2-6,11H,7-10H2,1H3,(H,18,21). The Morgan fingerprint density at radius 2 is 1.95 bits per heavy atom. The van der Waals surface area contributed by atoms with Crippen LogP contribution in [0, 0.1) is 0 Å². The lowest BCUT2D eigenvalue weighted by atomic mass is 10.2. The zero-order chi connectivity index (χ0) is 15.5. The van der Waals surface area contributed by atoms with Crippen molar-refractivity contribution in [2.75, 3.05) is 43.4 Å². The largest absolute Gasteiger partial charge is 0.366 e. The molecule has 6 heteroatoms. The SMILES string of the molecule is CN1CCN(c2c(Cl)cccc2NC(=O)c2cccs2)CC1. The lowest BCUT2D eigenvalue weighted by Gasteiger charge is -2.35. The van der Waals surface area contributed by atoms with Crippen LogP contribution in [0.15, 0.2) is 35.7 Å². The molecule has 1 amide bonds. The number of hydrogen-bond donors (Lipinski definition) is 1. The highest BCUT2D eigenvalue weighted by molar-refractivity contribution is 7.12. The van der Waals surface area contributed by atoms with Gasteiger partial charge in [-0.3, -0.25) is 4.79 Å². The molecule has 1 aromatic carbocycles. The first kappa shape index (κ1) is 15.3. The third-order valence-corrected chi connectivity index (χ3v) is 4.97. The van der Waals surface area contributed by atoms with Crippen LogP contribution in [0.3, 0.4) is 0 Å². The predicted octanol–water partition coefficient (Wildman–Crippen LogP) is 3.41. The molecule has 0 unspecified atom stereocenters. The van der Waals surface area contributed by atoms with Gasteiger partial charge in [-0.25, -0.2) is 0 Å². The van der Waals surface area contributed by atoms with E-state index in [1.54, 1.807) is 0 Å². The molecule has 0 saturated carbocycles. The number of hydrogen-bond acceptors (Lipinski definition) is 4. The van der Waals surface area contributed by atoms with Crippen LogP contribution in [0.5, 0.6) is 0 Å². The monoisotopic (exact) mass is 335 g/mol. The van der Waals surface area contributed by atoms with E-state index in [2.05, 4.69) is 22.2 Å². The molecule has 0 aliphatic carbocycles. The highest BCUT2D eigenvalue weighted by Gasteiger charge is 2.20. The van der Waals surface area contributed by atoms with Crippen LogP contribution in [0.25, 0.3) is 0 Å². The summed E-state index contributed by atoms with van der Waals surface area (Å²) in [7, 11) is 2.11. The first-order chi connectivity index (χ1) is 10.6. The van der Waals surface area contributed by atoms with Crippen LogP contribution in [0.1, 0.15) is 9.67 Å². The molecule has 4 nitrogen and oxygen atoms in total. The van der Waals surface area contributed by atoms with Crippen LogP contribution in [-0.4, -0.2) is 44.0 Å². The van der Waals surface area contributed by atoms with Crippen molar-refractivity contribution in [3.8, 4) is 0 Å². The number of likely N-dealkylation sites (N-methyl/N-ethyl adjacent to an activating group) is 1. The molecule has 0 radical (unpaired) electrons. The zero-order valence-electron chi connectivity index (χ0n) is 12.4. The first-order valence-corrected chi connectivity index (χ1v) is 8.48. The van der Waals surface area contributed by atoms with Gasteiger partial charge >= 0.3 is 0 Å². The van der Waals surface area contributed by atoms with Gasteiger partial charge in [-0.15, -0.1) is 11.3 Å². The number of piperazine rings is 1. The van der Waals surface area contributed by atoms with E-state index in [0.29, 0.717) is 9.90 Å². The predicted molar refractivity (Wildman–Crippen MR) is 93.4 cm³/mol. The fraction of sp³-hybridized carbons (Fsp3) is 0.312. The van der Waals surface area contributed by atoms with Crippen LogP contribution in [0.2, 0.25) is 5.02 Å². The quantitative estimate of drug-likeness (QED) is 0.933. The smallest absolute Gasteiger partial charge is 0.265 e. The van der Waals surface area contributed by atoms with Crippen molar-refractivity contribution in [2.24, 2.45) is 0 Å². The van der Waals surface area contributed by atoms with Crippen molar-refractivity contribution in [1.82, 2.24) is 4.90 Å². The van der Waals surface area contributed by atoms with Gasteiger partial charge in [0.1, 0.15) is 0 Å². The van der Waals surface area contributed by atoms with Gasteiger partial charge in [0.15, 0.2) is 0 Å². The second-order valence-electron chi connectivity index (χ2n) is 5.36. The Bertz CT molecular complexity index is 651. The molecule has 0 spiro atoms. The van der Waals surface area contributed by atoms with Crippen LogP contribution in [0.4, 0.5) is 11.4 Å². The Morgan fingerprint density at radius 3 is 2.64 bits per heavy atom. The second-order valence-corrected chi connectivity index (χ2v) is 6.71. The van der Waals surface area contributed by atoms with E-state index in [9.17, 15) is 4.79 Å². The van der Waals surface area contributed by atoms with E-state index in [1.807, 2.05) is 35.7 Å². The number of thiophene rings is 1. The third kappa shape index (κ3) is 3.27. The summed E-state index contributed by atoms with van der Waals surface area (Å²) >= 11 is 7.83. The summed E-state index contributed by atoms with van der Waals surface area (Å²) in [5.41, 5.74) is 1.69. The molecule has 2 heterocycles. The number of para-hydroxylation sites is 1. The second kappa shape index (κ2) is 6.69. The summed E-state index contributed by atoms with van der Waals surface area (Å²) < 4.78 is 0. The van der Waals surface area contributed by atoms with Gasteiger partial charge in [-0.05, 0) is 30.6 Å². The van der Waals surface area contributed by atoms with Crippen molar-refractivity contribution < 1.29 is 4.79 Å². The summed E-state index contributed by atoms with van der Waals surface area (Å²) in [6.07, 6.45) is 0. The molecule has 1 aliphatic rings. The molecule has 116 valence electrons. The molecule has 3 rings (SSSR count). The van der Waals surface area contributed by atoms with Gasteiger partial charge in [0.2, 0.25) is 0 Å². The molecule has 0 bridgehead atoms. The fourth-order valence-corrected chi connectivity index (χ4v) is 3.47. The minimum Gasteiger partial charge on any atom is -0.366 e. The molecule has 1 N–H and O–H groups in total. The van der Waals surface area contributed by atoms with E-state index in [4.69, 9.17) is 11.6 Å². The maximum atomic E-state index is 12.3. The first-order valence-electron chi connectivity index (χ1n) is 7.22. The highest BCUT2D eigenvalue weighted by Crippen LogP contribution is 2.34. The number of carbonyl (C=O) groups is 1. The minimum absolute atomic E-state index is 0.0901. The van der Waals surface area contributed by atoms with Crippen molar-refractivity contribution in [1.29, 1.82) is 0 Å². The van der Waals surface area contributed by atoms with Gasteiger partial charge in [0.25, 0.3) is 5.91 Å². The lowest BCUT2D eigenvalue weighted by molar-refractivity contribution is 0.103. The topological polar surface area (TPSA) is 35.6 Å². The molecular formula is C16H18ClN3OS. The Labute approximate surface area is 139 Å². The molecule has 0 atom stereocenters. The third-order valence-electron chi connectivity index (χ3n) is 3.80. The molecule has 1 fully saturated rings. The van der Waals surface area contributed by atoms with Gasteiger partial charge < -0.3 is 15.1 Å². The van der Waals surface area contributed by atoms with Crippen molar-refractivity contribution in [3.63, 3.8) is 0 Å². The van der Waals surface area contributed by atoms with Crippen molar-refractivity contribution in [2.45, 2.75) is 0 Å². The molecule has 22 heavy (non-hydrogen) atoms. The number of nitrogens with zero attached hydrogens (tertiary/aromatic N) is 2. The Morgan fingerprint density at radius 1 is 1.18 bits per heavy atom. The number of anilines is 2. The maximum absolute atomic E-state index is 12.3. The minimum atomic E-state index is -0.0901. The van der Waals surface area contributed by atoms with Gasteiger partial charge in [0, 0.05) is 26.2 Å². The molecular weight excluding hydrogens is 318 g/mol. The molecule has 1 aliphatic heterocycles. The van der Waals surface area contributed by atoms with Crippen molar-refractivity contribution >= 4 is 40.2 Å². The normalized spacial score (nSPS) is 15.8. The van der Waals surface area contributed by atoms with E-state index in [0.717, 1.165) is 37.6 Å². The number of halogens is 1. The van der Waals surface area contributed by atoms with Crippen LogP contribution >= 0.6 is 22.9 Å². The zero-order valence-corrected chi connectivity index (χ0v) is 14.0. The van der Waals surface area contributed by atoms with Crippen LogP contribution in [-0.2, 0) is 0 Å². The van der Waals surface area contributed by atoms with Gasteiger partial charge in [0.05, 0.1) is 21.3 Å². The van der Waals surface area contributed by atoms with E-state index in [1.165, 1.54) is 11.3 Å². The number of nitrogens with one attached hydrogen (secondary N) is 1. The molecule has 1 saturated heterocycles. The van der Waals surface area contributed by atoms with Crippen LogP contribution < -0.4 is 10.2 Å². The highest BCUT2D eigenvalue weighted by atomic mass is 35.5. The lowest BCUT2D eigenvalue weighted by Crippen LogP contribution is -2.44. The summed E-state index contributed by atoms with van der Waals surface area (Å²) in [5, 5.41) is 5.57. The van der Waals surface area contributed by atoms with Gasteiger partial charge in [-0.1, -0.05) is 23.7 Å². The Hall–Kier alpha value is -1.56. The van der Waals surface area contributed by atoms with E-state index >= 15 is 0 Å². The Kier molecular flexibility index (Phi) is 4.66. The summed E-state index contributed by atoms with van der Waals surface area (Å²) in [4.78, 5) is 17.5. The number of carbonyl (C=O) groups excluding carboxylic acids is 1. The molecule has 1 aromatic heterocycles. The summed E-state index contributed by atoms with van der Waals surface area (Å²) in [6, 6.07) is 9.34. The fourth-order valence-electron chi connectivity index (χ4n) is 2.56.